The van der Waals surface area contributed by atoms with Gasteiger partial charge in [0.25, 0.3) is 0 Å². The van der Waals surface area contributed by atoms with Crippen LogP contribution >= 0.6 is 0 Å². The quantitative estimate of drug-likeness (QED) is 0.110. The largest absolute Gasteiger partial charge is 0.480 e. The maximum absolute atomic E-state index is 12.7. The van der Waals surface area contributed by atoms with Gasteiger partial charge in [-0.05, 0) is 51.1 Å². The van der Waals surface area contributed by atoms with E-state index in [2.05, 4.69) is 16.0 Å². The minimum absolute atomic E-state index is 0.164. The molecule has 0 aromatic carbocycles. The van der Waals surface area contributed by atoms with Crippen LogP contribution in [0.25, 0.3) is 0 Å². The van der Waals surface area contributed by atoms with Gasteiger partial charge in [0.15, 0.2) is 0 Å². The number of carbonyl (C=O) groups is 4. The highest BCUT2D eigenvalue weighted by Gasteiger charge is 2.31. The lowest BCUT2D eigenvalue weighted by Crippen LogP contribution is -2.59. The molecule has 3 amide bonds. The van der Waals surface area contributed by atoms with Crippen LogP contribution in [0.15, 0.2) is 0 Å². The molecule has 0 aromatic heterocycles. The number of amides is 3. The second-order valence-electron chi connectivity index (χ2n) is 8.05. The van der Waals surface area contributed by atoms with E-state index in [0.717, 1.165) is 6.42 Å². The first-order valence-electron chi connectivity index (χ1n) is 11.0. The summed E-state index contributed by atoms with van der Waals surface area (Å²) in [6, 6.07) is -4.36. The SMILES string of the molecule is CC(C)C(NC(=O)C(N)CCCCN)C(=O)NC(CO)C(=O)NC(CCCCN)C(=O)O. The molecule has 32 heavy (non-hydrogen) atoms. The molecule has 0 saturated carbocycles. The molecular formula is C20H40N6O6. The second-order valence-corrected chi connectivity index (χ2v) is 8.05. The van der Waals surface area contributed by atoms with Crippen molar-refractivity contribution < 1.29 is 29.4 Å². The van der Waals surface area contributed by atoms with Crippen molar-refractivity contribution in [3.63, 3.8) is 0 Å². The first kappa shape index (κ1) is 29.7. The molecule has 4 unspecified atom stereocenters. The monoisotopic (exact) mass is 460 g/mol. The summed E-state index contributed by atoms with van der Waals surface area (Å²) in [7, 11) is 0. The van der Waals surface area contributed by atoms with Gasteiger partial charge in [0, 0.05) is 0 Å². The molecular weight excluding hydrogens is 420 g/mol. The topological polar surface area (TPSA) is 223 Å². The number of carboxylic acid groups (broad SMARTS) is 1. The molecule has 186 valence electrons. The van der Waals surface area contributed by atoms with Gasteiger partial charge in [-0.15, -0.1) is 0 Å². The number of aliphatic carboxylic acids is 1. The van der Waals surface area contributed by atoms with Gasteiger partial charge in [0.2, 0.25) is 17.7 Å². The number of nitrogens with two attached hydrogens (primary N) is 3. The van der Waals surface area contributed by atoms with Crippen molar-refractivity contribution in [2.45, 2.75) is 76.5 Å². The van der Waals surface area contributed by atoms with Crippen molar-refractivity contribution in [1.82, 2.24) is 16.0 Å². The molecule has 11 N–H and O–H groups in total. The van der Waals surface area contributed by atoms with Crippen molar-refractivity contribution in [2.75, 3.05) is 19.7 Å². The van der Waals surface area contributed by atoms with Crippen LogP contribution in [-0.2, 0) is 19.2 Å². The average molecular weight is 461 g/mol. The Morgan fingerprint density at radius 3 is 1.78 bits per heavy atom. The second kappa shape index (κ2) is 16.4. The number of hydrogen-bond donors (Lipinski definition) is 8. The summed E-state index contributed by atoms with van der Waals surface area (Å²) in [5, 5.41) is 26.1. The molecule has 0 saturated heterocycles. The van der Waals surface area contributed by atoms with Gasteiger partial charge < -0.3 is 43.4 Å². The molecule has 0 heterocycles. The highest BCUT2D eigenvalue weighted by molar-refractivity contribution is 5.94. The van der Waals surface area contributed by atoms with Crippen LogP contribution in [0.4, 0.5) is 0 Å². The van der Waals surface area contributed by atoms with Crippen molar-refractivity contribution in [1.29, 1.82) is 0 Å². The van der Waals surface area contributed by atoms with E-state index < -0.39 is 54.5 Å². The van der Waals surface area contributed by atoms with Gasteiger partial charge in [-0.3, -0.25) is 14.4 Å². The van der Waals surface area contributed by atoms with E-state index in [-0.39, 0.29) is 12.3 Å². The van der Waals surface area contributed by atoms with Crippen LogP contribution in [0.1, 0.15) is 52.4 Å². The van der Waals surface area contributed by atoms with Crippen LogP contribution in [0.2, 0.25) is 0 Å². The van der Waals surface area contributed by atoms with E-state index in [1.54, 1.807) is 13.8 Å². The zero-order chi connectivity index (χ0) is 24.7. The third-order valence-electron chi connectivity index (χ3n) is 4.93. The van der Waals surface area contributed by atoms with Gasteiger partial charge >= 0.3 is 5.97 Å². The first-order valence-corrected chi connectivity index (χ1v) is 11.0. The summed E-state index contributed by atoms with van der Waals surface area (Å²) in [5.41, 5.74) is 16.7. The van der Waals surface area contributed by atoms with E-state index in [9.17, 15) is 29.4 Å². The molecule has 0 rings (SSSR count). The molecule has 0 bridgehead atoms. The predicted octanol–water partition coefficient (Wildman–Crippen LogP) is -2.24. The predicted molar refractivity (Wildman–Crippen MR) is 119 cm³/mol. The Balaban J connectivity index is 5.03. The van der Waals surface area contributed by atoms with Crippen LogP contribution in [-0.4, -0.2) is 77.8 Å². The summed E-state index contributed by atoms with van der Waals surface area (Å²) in [4.78, 5) is 48.9. The molecule has 12 heteroatoms. The summed E-state index contributed by atoms with van der Waals surface area (Å²) < 4.78 is 0. The minimum Gasteiger partial charge on any atom is -0.480 e. The van der Waals surface area contributed by atoms with E-state index in [1.165, 1.54) is 0 Å². The minimum atomic E-state index is -1.38. The molecule has 0 radical (unpaired) electrons. The number of hydrogen-bond acceptors (Lipinski definition) is 8. The number of carboxylic acids is 1. The van der Waals surface area contributed by atoms with Crippen LogP contribution in [0.3, 0.4) is 0 Å². The Morgan fingerprint density at radius 2 is 1.31 bits per heavy atom. The molecule has 0 aromatic rings. The van der Waals surface area contributed by atoms with Crippen LogP contribution in [0, 0.1) is 5.92 Å². The van der Waals surface area contributed by atoms with E-state index in [0.29, 0.717) is 38.8 Å². The average Bonchev–Trinajstić information content (AvgIpc) is 2.74. The van der Waals surface area contributed by atoms with Gasteiger partial charge in [0.05, 0.1) is 12.6 Å². The van der Waals surface area contributed by atoms with Gasteiger partial charge in [-0.25, -0.2) is 4.79 Å². The first-order chi connectivity index (χ1) is 15.1. The molecule has 0 fully saturated rings. The highest BCUT2D eigenvalue weighted by Crippen LogP contribution is 2.06. The standard InChI is InChI=1S/C20H40N6O6/c1-12(2)16(26-17(28)13(23)7-3-5-9-21)19(30)25-15(11-27)18(29)24-14(20(31)32)8-4-6-10-22/h12-16,27H,3-11,21-23H2,1-2H3,(H,24,29)(H,25,30)(H,26,28)(H,31,32). The van der Waals surface area contributed by atoms with Crippen molar-refractivity contribution >= 4 is 23.7 Å². The maximum Gasteiger partial charge on any atom is 0.326 e. The summed E-state index contributed by atoms with van der Waals surface area (Å²) >= 11 is 0. The lowest BCUT2D eigenvalue weighted by molar-refractivity contribution is -0.142. The molecule has 0 aliphatic heterocycles. The van der Waals surface area contributed by atoms with Crippen LogP contribution in [0.5, 0.6) is 0 Å². The highest BCUT2D eigenvalue weighted by atomic mass is 16.4. The molecule has 0 spiro atoms. The fourth-order valence-electron chi connectivity index (χ4n) is 2.91. The third kappa shape index (κ3) is 11.4. The van der Waals surface area contributed by atoms with E-state index in [4.69, 9.17) is 17.2 Å². The summed E-state index contributed by atoms with van der Waals surface area (Å²) in [6.45, 7) is 3.55. The van der Waals surface area contributed by atoms with Gasteiger partial charge in [-0.2, -0.15) is 0 Å². The number of unbranched alkanes of at least 4 members (excludes halogenated alkanes) is 2. The normalized spacial score (nSPS) is 14.8. The van der Waals surface area contributed by atoms with E-state index in [1.807, 2.05) is 0 Å². The fourth-order valence-corrected chi connectivity index (χ4v) is 2.91. The third-order valence-corrected chi connectivity index (χ3v) is 4.93. The molecule has 12 nitrogen and oxygen atoms in total. The van der Waals surface area contributed by atoms with Crippen molar-refractivity contribution in [3.8, 4) is 0 Å². The summed E-state index contributed by atoms with van der Waals surface area (Å²) in [5.74, 6) is -3.60. The van der Waals surface area contributed by atoms with Crippen molar-refractivity contribution in [2.24, 2.45) is 23.1 Å². The number of aliphatic hydroxyl groups is 1. The Bertz CT molecular complexity index is 603. The Labute approximate surface area is 189 Å². The lowest BCUT2D eigenvalue weighted by atomic mass is 10.0. The van der Waals surface area contributed by atoms with Crippen molar-refractivity contribution in [3.05, 3.63) is 0 Å². The fraction of sp³-hybridized carbons (Fsp3) is 0.800. The van der Waals surface area contributed by atoms with Gasteiger partial charge in [0.1, 0.15) is 18.1 Å². The molecule has 0 aliphatic rings. The zero-order valence-corrected chi connectivity index (χ0v) is 19.0. The molecule has 4 atom stereocenters. The number of nitrogens with one attached hydrogen (secondary N) is 3. The number of aliphatic hydroxyl groups excluding tert-OH is 1. The number of rotatable bonds is 17. The smallest absolute Gasteiger partial charge is 0.326 e. The van der Waals surface area contributed by atoms with Gasteiger partial charge in [-0.1, -0.05) is 20.3 Å². The lowest BCUT2D eigenvalue weighted by Gasteiger charge is -2.26. The Morgan fingerprint density at radius 1 is 0.781 bits per heavy atom. The Kier molecular flexibility index (Phi) is 15.2. The molecule has 0 aliphatic carbocycles. The van der Waals surface area contributed by atoms with E-state index >= 15 is 0 Å². The Hall–Kier alpha value is -2.28. The zero-order valence-electron chi connectivity index (χ0n) is 19.0. The summed E-state index contributed by atoms with van der Waals surface area (Å²) in [6.07, 6.45) is 3.08. The number of carbonyl (C=O) groups excluding carboxylic acids is 3. The van der Waals surface area contributed by atoms with Crippen LogP contribution < -0.4 is 33.2 Å². The maximum atomic E-state index is 12.7.